The van der Waals surface area contributed by atoms with Gasteiger partial charge in [0.25, 0.3) is 5.24 Å². The fourth-order valence-electron chi connectivity index (χ4n) is 1.08. The first-order valence-corrected chi connectivity index (χ1v) is 5.06. The van der Waals surface area contributed by atoms with Crippen LogP contribution in [0.15, 0.2) is 12.3 Å². The SMILES string of the molecule is O=C1SCCN1c1ccnc(Cl)n1. The van der Waals surface area contributed by atoms with Gasteiger partial charge in [0.05, 0.1) is 0 Å². The third-order valence-electron chi connectivity index (χ3n) is 1.65. The number of nitrogens with zero attached hydrogens (tertiary/aromatic N) is 3. The van der Waals surface area contributed by atoms with Gasteiger partial charge in [0.15, 0.2) is 0 Å². The van der Waals surface area contributed by atoms with Gasteiger partial charge in [-0.15, -0.1) is 0 Å². The number of halogens is 1. The van der Waals surface area contributed by atoms with E-state index in [1.807, 2.05) is 0 Å². The highest BCUT2D eigenvalue weighted by atomic mass is 35.5. The summed E-state index contributed by atoms with van der Waals surface area (Å²) in [6, 6.07) is 1.68. The number of amides is 1. The molecule has 0 saturated carbocycles. The Morgan fingerprint density at radius 2 is 2.46 bits per heavy atom. The van der Waals surface area contributed by atoms with E-state index in [-0.39, 0.29) is 10.5 Å². The van der Waals surface area contributed by atoms with Crippen LogP contribution in [-0.2, 0) is 0 Å². The van der Waals surface area contributed by atoms with E-state index in [0.717, 1.165) is 5.75 Å². The summed E-state index contributed by atoms with van der Waals surface area (Å²) < 4.78 is 0. The zero-order valence-electron chi connectivity index (χ0n) is 6.61. The lowest BCUT2D eigenvalue weighted by Gasteiger charge is -2.12. The van der Waals surface area contributed by atoms with Crippen LogP contribution in [0.1, 0.15) is 0 Å². The Kier molecular flexibility index (Phi) is 2.37. The topological polar surface area (TPSA) is 46.1 Å². The molecule has 0 atom stereocenters. The van der Waals surface area contributed by atoms with Crippen molar-refractivity contribution in [3.63, 3.8) is 0 Å². The number of hydrogen-bond donors (Lipinski definition) is 0. The van der Waals surface area contributed by atoms with Crippen molar-refractivity contribution in [1.82, 2.24) is 9.97 Å². The van der Waals surface area contributed by atoms with Gasteiger partial charge >= 0.3 is 0 Å². The molecule has 1 aliphatic rings. The van der Waals surface area contributed by atoms with Crippen molar-refractivity contribution in [1.29, 1.82) is 0 Å². The van der Waals surface area contributed by atoms with Crippen molar-refractivity contribution in [2.75, 3.05) is 17.2 Å². The zero-order valence-corrected chi connectivity index (χ0v) is 8.18. The molecular formula is C7H6ClN3OS. The molecule has 68 valence electrons. The van der Waals surface area contributed by atoms with Gasteiger partial charge < -0.3 is 0 Å². The molecule has 4 nitrogen and oxygen atoms in total. The summed E-state index contributed by atoms with van der Waals surface area (Å²) in [5, 5.41) is 0.192. The molecule has 0 unspecified atom stereocenters. The molecule has 0 spiro atoms. The van der Waals surface area contributed by atoms with Gasteiger partial charge in [-0.1, -0.05) is 11.8 Å². The molecule has 2 heterocycles. The third-order valence-corrected chi connectivity index (χ3v) is 2.68. The van der Waals surface area contributed by atoms with Gasteiger partial charge in [-0.25, -0.2) is 9.97 Å². The van der Waals surface area contributed by atoms with Crippen LogP contribution in [0, 0.1) is 0 Å². The van der Waals surface area contributed by atoms with Crippen LogP contribution in [0.25, 0.3) is 0 Å². The Hall–Kier alpha value is -0.810. The first-order valence-electron chi connectivity index (χ1n) is 3.70. The van der Waals surface area contributed by atoms with Gasteiger partial charge in [0.2, 0.25) is 5.28 Å². The quantitative estimate of drug-likeness (QED) is 0.671. The lowest BCUT2D eigenvalue weighted by atomic mass is 10.5. The van der Waals surface area contributed by atoms with E-state index >= 15 is 0 Å². The largest absolute Gasteiger partial charge is 0.287 e. The monoisotopic (exact) mass is 215 g/mol. The second-order valence-corrected chi connectivity index (χ2v) is 3.83. The molecular weight excluding hydrogens is 210 g/mol. The Labute approximate surface area is 84.3 Å². The number of carbonyl (C=O) groups excluding carboxylic acids is 1. The highest BCUT2D eigenvalue weighted by Crippen LogP contribution is 2.23. The zero-order chi connectivity index (χ0) is 9.26. The summed E-state index contributed by atoms with van der Waals surface area (Å²) in [6.07, 6.45) is 1.54. The maximum Gasteiger partial charge on any atom is 0.287 e. The molecule has 0 aromatic carbocycles. The highest BCUT2D eigenvalue weighted by Gasteiger charge is 2.23. The summed E-state index contributed by atoms with van der Waals surface area (Å²) in [4.78, 5) is 20.6. The number of anilines is 1. The van der Waals surface area contributed by atoms with Crippen molar-refractivity contribution in [3.05, 3.63) is 17.5 Å². The van der Waals surface area contributed by atoms with E-state index in [4.69, 9.17) is 11.6 Å². The van der Waals surface area contributed by atoms with Crippen molar-refractivity contribution >= 4 is 34.4 Å². The van der Waals surface area contributed by atoms with Crippen molar-refractivity contribution < 1.29 is 4.79 Å². The molecule has 6 heteroatoms. The van der Waals surface area contributed by atoms with Crippen LogP contribution < -0.4 is 4.90 Å². The summed E-state index contributed by atoms with van der Waals surface area (Å²) in [6.45, 7) is 0.691. The maximum atomic E-state index is 11.3. The Balaban J connectivity index is 2.29. The van der Waals surface area contributed by atoms with E-state index in [1.165, 1.54) is 11.8 Å². The van der Waals surface area contributed by atoms with Crippen LogP contribution in [0.2, 0.25) is 5.28 Å². The molecule has 2 rings (SSSR count). The fraction of sp³-hybridized carbons (Fsp3) is 0.286. The van der Waals surface area contributed by atoms with E-state index in [0.29, 0.717) is 12.4 Å². The molecule has 1 amide bonds. The van der Waals surface area contributed by atoms with E-state index in [9.17, 15) is 4.79 Å². The number of thioether (sulfide) groups is 1. The molecule has 0 N–H and O–H groups in total. The molecule has 0 radical (unpaired) electrons. The van der Waals surface area contributed by atoms with Crippen molar-refractivity contribution in [3.8, 4) is 0 Å². The first kappa shape index (κ1) is 8.77. The Morgan fingerprint density at radius 3 is 3.08 bits per heavy atom. The van der Waals surface area contributed by atoms with Gasteiger partial charge in [-0.3, -0.25) is 9.69 Å². The van der Waals surface area contributed by atoms with Crippen LogP contribution in [-0.4, -0.2) is 27.5 Å². The van der Waals surface area contributed by atoms with Gasteiger partial charge in [-0.2, -0.15) is 0 Å². The standard InChI is InChI=1S/C7H6ClN3OS/c8-6-9-2-1-5(10-6)11-3-4-13-7(11)12/h1-2H,3-4H2. The molecule has 0 aliphatic carbocycles. The highest BCUT2D eigenvalue weighted by molar-refractivity contribution is 8.14. The number of aromatic nitrogens is 2. The minimum absolute atomic E-state index is 0.0229. The summed E-state index contributed by atoms with van der Waals surface area (Å²) in [5.74, 6) is 1.38. The van der Waals surface area contributed by atoms with E-state index in [2.05, 4.69) is 9.97 Å². The second kappa shape index (κ2) is 3.51. The summed E-state index contributed by atoms with van der Waals surface area (Å²) in [5.41, 5.74) is 0. The smallest absolute Gasteiger partial charge is 0.287 e. The third kappa shape index (κ3) is 1.76. The predicted octanol–water partition coefficient (Wildman–Crippen LogP) is 1.80. The van der Waals surface area contributed by atoms with Crippen LogP contribution in [0.4, 0.5) is 10.6 Å². The van der Waals surface area contributed by atoms with E-state index < -0.39 is 0 Å². The Morgan fingerprint density at radius 1 is 1.62 bits per heavy atom. The average molecular weight is 216 g/mol. The lowest BCUT2D eigenvalue weighted by molar-refractivity contribution is 0.266. The average Bonchev–Trinajstić information content (AvgIpc) is 2.51. The van der Waals surface area contributed by atoms with Crippen molar-refractivity contribution in [2.45, 2.75) is 0 Å². The number of rotatable bonds is 1. The first-order chi connectivity index (χ1) is 6.27. The van der Waals surface area contributed by atoms with Crippen molar-refractivity contribution in [2.24, 2.45) is 0 Å². The Bertz CT molecular complexity index is 346. The van der Waals surface area contributed by atoms with Crippen LogP contribution in [0.3, 0.4) is 0 Å². The molecule has 1 aliphatic heterocycles. The molecule has 1 aromatic rings. The minimum Gasteiger partial charge on any atom is -0.287 e. The van der Waals surface area contributed by atoms with Gasteiger partial charge in [-0.05, 0) is 17.7 Å². The van der Waals surface area contributed by atoms with Crippen LogP contribution >= 0.6 is 23.4 Å². The second-order valence-electron chi connectivity index (χ2n) is 2.45. The maximum absolute atomic E-state index is 11.3. The molecule has 1 saturated heterocycles. The predicted molar refractivity (Wildman–Crippen MR) is 52.2 cm³/mol. The summed E-state index contributed by atoms with van der Waals surface area (Å²) >= 11 is 6.89. The molecule has 0 bridgehead atoms. The van der Waals surface area contributed by atoms with E-state index in [1.54, 1.807) is 17.2 Å². The van der Waals surface area contributed by atoms with Gasteiger partial charge in [0.1, 0.15) is 5.82 Å². The fourth-order valence-corrected chi connectivity index (χ4v) is 2.01. The summed E-state index contributed by atoms with van der Waals surface area (Å²) in [7, 11) is 0. The lowest BCUT2D eigenvalue weighted by Crippen LogP contribution is -2.23. The molecule has 1 aromatic heterocycles. The number of carbonyl (C=O) groups is 1. The van der Waals surface area contributed by atoms with Gasteiger partial charge in [0, 0.05) is 18.5 Å². The molecule has 1 fully saturated rings. The molecule has 13 heavy (non-hydrogen) atoms. The number of hydrogen-bond acceptors (Lipinski definition) is 4. The van der Waals surface area contributed by atoms with Crippen LogP contribution in [0.5, 0.6) is 0 Å². The minimum atomic E-state index is 0.0229. The normalized spacial score (nSPS) is 16.7.